The van der Waals surface area contributed by atoms with Crippen molar-refractivity contribution in [2.45, 2.75) is 26.2 Å². The Balaban J connectivity index is 1.62. The standard InChI is InChI=1S/C25H25ClN8O5/c1-2-32-24(36)33(15-16-3-5-17(26)6-4-16)23(34(27)25(32)37)30-18-7-9-19(10-8-18)39-20-11-12-28-21(13-20)29-14-22(35)31-38/h3-13,21,28-29H,2,14-15,27H2,1H3. The zero-order valence-electron chi connectivity index (χ0n) is 20.8. The third kappa shape index (κ3) is 6.58. The second-order valence-corrected chi connectivity index (χ2v) is 8.75. The van der Waals surface area contributed by atoms with Gasteiger partial charge in [0.25, 0.3) is 5.91 Å². The van der Waals surface area contributed by atoms with Gasteiger partial charge in [0.05, 0.1) is 24.9 Å². The molecule has 0 saturated heterocycles. The molecule has 1 unspecified atom stereocenters. The summed E-state index contributed by atoms with van der Waals surface area (Å²) in [6.45, 7) is 1.72. The highest BCUT2D eigenvalue weighted by atomic mass is 35.5. The molecule has 0 aliphatic carbocycles. The van der Waals surface area contributed by atoms with Crippen LogP contribution in [0.3, 0.4) is 0 Å². The number of allylic oxidation sites excluding steroid dienone is 1. The third-order valence-corrected chi connectivity index (χ3v) is 5.91. The molecule has 1 amide bonds. The highest BCUT2D eigenvalue weighted by molar-refractivity contribution is 6.30. The number of amides is 1. The number of carbonyl (C=O) groups is 1. The van der Waals surface area contributed by atoms with Gasteiger partial charge in [0, 0.05) is 22.9 Å². The van der Waals surface area contributed by atoms with Gasteiger partial charge in [-0.05, 0) is 61.0 Å². The van der Waals surface area contributed by atoms with Crippen LogP contribution in [0, 0.1) is 4.91 Å². The molecule has 1 aliphatic rings. The van der Waals surface area contributed by atoms with Gasteiger partial charge in [-0.1, -0.05) is 23.7 Å². The Hall–Kier alpha value is -4.75. The van der Waals surface area contributed by atoms with E-state index in [1.807, 2.05) is 0 Å². The molecule has 14 heteroatoms. The number of halogens is 1. The smallest absolute Gasteiger partial charge is 0.353 e. The maximum absolute atomic E-state index is 13.1. The maximum atomic E-state index is 13.1. The van der Waals surface area contributed by atoms with Crippen LogP contribution < -0.4 is 38.2 Å². The minimum Gasteiger partial charge on any atom is -0.458 e. The lowest BCUT2D eigenvalue weighted by atomic mass is 10.2. The van der Waals surface area contributed by atoms with Gasteiger partial charge >= 0.3 is 11.4 Å². The Labute approximate surface area is 226 Å². The van der Waals surface area contributed by atoms with Crippen molar-refractivity contribution in [2.75, 3.05) is 12.4 Å². The van der Waals surface area contributed by atoms with E-state index in [1.165, 1.54) is 4.57 Å². The Bertz CT molecular complexity index is 1620. The number of nitrogen functional groups attached to an aromatic ring is 1. The average molecular weight is 553 g/mol. The summed E-state index contributed by atoms with van der Waals surface area (Å²) in [5, 5.41) is 8.68. The number of nitrogens with zero attached hydrogens (tertiary/aromatic N) is 5. The molecule has 2 aromatic carbocycles. The topological polar surface area (TPSA) is 167 Å². The fourth-order valence-electron chi connectivity index (χ4n) is 3.71. The molecule has 39 heavy (non-hydrogen) atoms. The highest BCUT2D eigenvalue weighted by Gasteiger charge is 2.14. The maximum Gasteiger partial charge on any atom is 0.353 e. The van der Waals surface area contributed by atoms with Crippen molar-refractivity contribution in [3.05, 3.63) is 115 Å². The summed E-state index contributed by atoms with van der Waals surface area (Å²) < 4.78 is 9.05. The summed E-state index contributed by atoms with van der Waals surface area (Å²) >= 11 is 5.98. The first kappa shape index (κ1) is 27.3. The van der Waals surface area contributed by atoms with Gasteiger partial charge in [-0.25, -0.2) is 19.1 Å². The molecule has 1 aliphatic heterocycles. The number of benzene rings is 2. The molecule has 0 spiro atoms. The molecule has 0 fully saturated rings. The van der Waals surface area contributed by atoms with Crippen molar-refractivity contribution in [3.63, 3.8) is 0 Å². The number of rotatable bonds is 9. The van der Waals surface area contributed by atoms with E-state index in [4.69, 9.17) is 22.2 Å². The summed E-state index contributed by atoms with van der Waals surface area (Å²) in [6.07, 6.45) is 4.57. The second kappa shape index (κ2) is 12.2. The molecule has 3 aromatic rings. The zero-order valence-corrected chi connectivity index (χ0v) is 21.5. The Morgan fingerprint density at radius 2 is 1.82 bits per heavy atom. The van der Waals surface area contributed by atoms with Crippen molar-refractivity contribution >= 4 is 23.2 Å². The van der Waals surface area contributed by atoms with E-state index in [-0.39, 0.29) is 25.3 Å². The monoisotopic (exact) mass is 552 g/mol. The third-order valence-electron chi connectivity index (χ3n) is 5.66. The van der Waals surface area contributed by atoms with Crippen molar-refractivity contribution in [3.8, 4) is 5.75 Å². The number of ether oxygens (including phenoxy) is 1. The fraction of sp³-hybridized carbons (Fsp3) is 0.200. The lowest BCUT2D eigenvalue weighted by molar-refractivity contribution is -0.117. The van der Waals surface area contributed by atoms with E-state index in [0.29, 0.717) is 22.2 Å². The molecule has 0 radical (unpaired) electrons. The molecule has 1 atom stereocenters. The van der Waals surface area contributed by atoms with Gasteiger partial charge in [0.15, 0.2) is 0 Å². The van der Waals surface area contributed by atoms with Crippen molar-refractivity contribution in [1.29, 1.82) is 0 Å². The van der Waals surface area contributed by atoms with Crippen LogP contribution in [-0.2, 0) is 17.9 Å². The first-order valence-electron chi connectivity index (χ1n) is 11.8. The van der Waals surface area contributed by atoms with Crippen LogP contribution in [0.25, 0.3) is 0 Å². The highest BCUT2D eigenvalue weighted by Crippen LogP contribution is 2.20. The Morgan fingerprint density at radius 1 is 1.10 bits per heavy atom. The molecule has 1 aromatic heterocycles. The number of hydrogen-bond acceptors (Lipinski definition) is 9. The summed E-state index contributed by atoms with van der Waals surface area (Å²) in [5.74, 6) is 6.24. The Kier molecular flexibility index (Phi) is 8.53. The first-order valence-corrected chi connectivity index (χ1v) is 12.2. The zero-order chi connectivity index (χ0) is 27.9. The number of dihydropyridines is 1. The van der Waals surface area contributed by atoms with Gasteiger partial charge in [0.2, 0.25) is 5.62 Å². The van der Waals surface area contributed by atoms with Gasteiger partial charge in [-0.3, -0.25) is 14.7 Å². The fourth-order valence-corrected chi connectivity index (χ4v) is 3.84. The van der Waals surface area contributed by atoms with Gasteiger partial charge in [-0.15, -0.1) is 4.91 Å². The quantitative estimate of drug-likeness (QED) is 0.262. The lowest BCUT2D eigenvalue weighted by Crippen LogP contribution is -2.57. The minimum atomic E-state index is -0.814. The molecule has 202 valence electrons. The molecule has 13 nitrogen and oxygen atoms in total. The van der Waals surface area contributed by atoms with Crippen LogP contribution in [-0.4, -0.2) is 32.4 Å². The van der Waals surface area contributed by atoms with E-state index in [0.717, 1.165) is 14.8 Å². The normalized spacial score (nSPS) is 15.0. The lowest BCUT2D eigenvalue weighted by Gasteiger charge is -2.19. The summed E-state index contributed by atoms with van der Waals surface area (Å²) in [7, 11) is 0. The molecule has 4 rings (SSSR count). The molecular formula is C25H25ClN8O5. The number of carbonyl (C=O) groups excluding carboxylic acids is 1. The number of aromatic nitrogens is 3. The SMILES string of the molecule is CCn1c(=O)n(N)c(=Nc2ccc(OC3=CC(NCC(=O)N=O)NC=C3)cc2)n(Cc2ccc(Cl)cc2)c1=O. The number of nitrogens with two attached hydrogens (primary N) is 1. The van der Waals surface area contributed by atoms with Crippen LogP contribution >= 0.6 is 11.6 Å². The summed E-state index contributed by atoms with van der Waals surface area (Å²) in [4.78, 5) is 51.7. The van der Waals surface area contributed by atoms with Crippen LogP contribution in [0.2, 0.25) is 5.02 Å². The van der Waals surface area contributed by atoms with E-state index in [2.05, 4.69) is 20.8 Å². The second-order valence-electron chi connectivity index (χ2n) is 8.31. The molecule has 0 saturated carbocycles. The predicted molar refractivity (Wildman–Crippen MR) is 145 cm³/mol. The molecular weight excluding hydrogens is 528 g/mol. The van der Waals surface area contributed by atoms with E-state index >= 15 is 0 Å². The van der Waals surface area contributed by atoms with Crippen LogP contribution in [0.4, 0.5) is 5.69 Å². The van der Waals surface area contributed by atoms with E-state index < -0.39 is 23.5 Å². The summed E-state index contributed by atoms with van der Waals surface area (Å²) in [6, 6.07) is 13.6. The molecule has 4 N–H and O–H groups in total. The van der Waals surface area contributed by atoms with Gasteiger partial charge < -0.3 is 15.9 Å². The van der Waals surface area contributed by atoms with Crippen molar-refractivity contribution in [2.24, 2.45) is 10.2 Å². The van der Waals surface area contributed by atoms with Gasteiger partial charge in [0.1, 0.15) is 11.5 Å². The van der Waals surface area contributed by atoms with Crippen LogP contribution in [0.5, 0.6) is 5.75 Å². The molecule has 2 heterocycles. The number of nitrogens with one attached hydrogen (secondary N) is 2. The largest absolute Gasteiger partial charge is 0.458 e. The average Bonchev–Trinajstić information content (AvgIpc) is 2.95. The van der Waals surface area contributed by atoms with Gasteiger partial charge in [-0.2, -0.15) is 4.68 Å². The first-order chi connectivity index (χ1) is 18.8. The number of hydrogen-bond donors (Lipinski definition) is 3. The number of nitroso groups, excluding NO2 is 1. The van der Waals surface area contributed by atoms with Crippen molar-refractivity contribution in [1.82, 2.24) is 24.4 Å². The van der Waals surface area contributed by atoms with E-state index in [1.54, 1.807) is 73.8 Å². The van der Waals surface area contributed by atoms with Crippen molar-refractivity contribution < 1.29 is 9.53 Å². The molecule has 0 bridgehead atoms. The Morgan fingerprint density at radius 3 is 2.49 bits per heavy atom. The van der Waals surface area contributed by atoms with Crippen LogP contribution in [0.1, 0.15) is 12.5 Å². The minimum absolute atomic E-state index is 0.0319. The predicted octanol–water partition coefficient (Wildman–Crippen LogP) is 1.07. The van der Waals surface area contributed by atoms with Crippen LogP contribution in [0.15, 0.2) is 92.4 Å². The van der Waals surface area contributed by atoms with E-state index in [9.17, 15) is 19.3 Å². The summed E-state index contributed by atoms with van der Waals surface area (Å²) in [5.41, 5.74) is -0.0709.